The van der Waals surface area contributed by atoms with Gasteiger partial charge in [0.25, 0.3) is 0 Å². The lowest BCUT2D eigenvalue weighted by molar-refractivity contribution is 0.511. The molecule has 0 amide bonds. The predicted molar refractivity (Wildman–Crippen MR) is 141 cm³/mol. The Morgan fingerprint density at radius 3 is 2.13 bits per heavy atom. The zero-order valence-corrected chi connectivity index (χ0v) is 22.3. The van der Waals surface area contributed by atoms with E-state index in [4.69, 9.17) is 0 Å². The minimum Gasteiger partial charge on any atom is -0.212 e. The summed E-state index contributed by atoms with van der Waals surface area (Å²) in [4.78, 5) is 0. The zero-order chi connectivity index (χ0) is 22.4. The lowest BCUT2D eigenvalue weighted by Crippen LogP contribution is -2.43. The van der Waals surface area contributed by atoms with Gasteiger partial charge in [0.1, 0.15) is 0 Å². The SMILES string of the molecule is C[Si](C)(C)CCS(=O)(=O)NC(Cc1ccccc1)CC1(c2ccccc2)SCCCS1. The van der Waals surface area contributed by atoms with Gasteiger partial charge in [-0.2, -0.15) is 0 Å². The molecule has 0 bridgehead atoms. The average molecular weight is 494 g/mol. The Labute approximate surface area is 198 Å². The van der Waals surface area contributed by atoms with E-state index in [9.17, 15) is 8.42 Å². The molecule has 0 aromatic heterocycles. The quantitative estimate of drug-likeness (QED) is 0.414. The highest BCUT2D eigenvalue weighted by molar-refractivity contribution is 8.18. The number of nitrogens with one attached hydrogen (secondary N) is 1. The second kappa shape index (κ2) is 10.9. The minimum absolute atomic E-state index is 0.111. The van der Waals surface area contributed by atoms with Crippen molar-refractivity contribution in [3.8, 4) is 0 Å². The Kier molecular flexibility index (Phi) is 8.77. The Morgan fingerprint density at radius 1 is 0.968 bits per heavy atom. The maximum Gasteiger partial charge on any atom is 0.211 e. The van der Waals surface area contributed by atoms with E-state index >= 15 is 0 Å². The molecule has 2 aromatic carbocycles. The van der Waals surface area contributed by atoms with Crippen molar-refractivity contribution in [1.82, 2.24) is 4.72 Å². The Morgan fingerprint density at radius 2 is 1.55 bits per heavy atom. The summed E-state index contributed by atoms with van der Waals surface area (Å²) < 4.78 is 29.1. The van der Waals surface area contributed by atoms with E-state index < -0.39 is 18.1 Å². The fourth-order valence-corrected chi connectivity index (χ4v) is 11.6. The van der Waals surface area contributed by atoms with Gasteiger partial charge in [-0.1, -0.05) is 80.3 Å². The smallest absolute Gasteiger partial charge is 0.211 e. The summed E-state index contributed by atoms with van der Waals surface area (Å²) in [6, 6.07) is 21.6. The molecule has 0 spiro atoms. The molecule has 1 saturated heterocycles. The Balaban J connectivity index is 1.86. The minimum atomic E-state index is -3.33. The lowest BCUT2D eigenvalue weighted by Gasteiger charge is -2.39. The number of sulfonamides is 1. The van der Waals surface area contributed by atoms with Crippen LogP contribution in [-0.4, -0.2) is 39.8 Å². The van der Waals surface area contributed by atoms with Gasteiger partial charge >= 0.3 is 0 Å². The molecule has 3 rings (SSSR count). The fourth-order valence-electron chi connectivity index (χ4n) is 3.80. The molecule has 1 unspecified atom stereocenters. The molecular formula is C24H35NO2S3Si. The van der Waals surface area contributed by atoms with Crippen LogP contribution in [0.2, 0.25) is 25.7 Å². The van der Waals surface area contributed by atoms with Crippen molar-refractivity contribution in [3.05, 3.63) is 71.8 Å². The number of hydrogen-bond acceptors (Lipinski definition) is 4. The van der Waals surface area contributed by atoms with Crippen LogP contribution >= 0.6 is 23.5 Å². The number of thioether (sulfide) groups is 2. The van der Waals surface area contributed by atoms with Gasteiger partial charge in [-0.3, -0.25) is 0 Å². The van der Waals surface area contributed by atoms with E-state index in [0.717, 1.165) is 24.0 Å². The third-order valence-electron chi connectivity index (χ3n) is 5.48. The maximum atomic E-state index is 13.1. The molecule has 1 aliphatic rings. The second-order valence-electron chi connectivity index (χ2n) is 9.51. The molecule has 2 aromatic rings. The third-order valence-corrected chi connectivity index (χ3v) is 12.5. The van der Waals surface area contributed by atoms with Crippen LogP contribution in [0.3, 0.4) is 0 Å². The van der Waals surface area contributed by atoms with E-state index in [1.807, 2.05) is 41.7 Å². The van der Waals surface area contributed by atoms with E-state index in [0.29, 0.717) is 6.42 Å². The van der Waals surface area contributed by atoms with Crippen molar-refractivity contribution in [2.24, 2.45) is 0 Å². The van der Waals surface area contributed by atoms with Gasteiger partial charge in [-0.15, -0.1) is 23.5 Å². The van der Waals surface area contributed by atoms with Crippen LogP contribution in [0.4, 0.5) is 0 Å². The molecule has 170 valence electrons. The fraction of sp³-hybridized carbons (Fsp3) is 0.500. The highest BCUT2D eigenvalue weighted by Gasteiger charge is 2.39. The molecule has 1 heterocycles. The lowest BCUT2D eigenvalue weighted by atomic mass is 9.99. The first-order chi connectivity index (χ1) is 14.7. The molecule has 0 aliphatic carbocycles. The first-order valence-corrected chi connectivity index (χ1v) is 18.4. The summed E-state index contributed by atoms with van der Waals surface area (Å²) in [7, 11) is -4.76. The van der Waals surface area contributed by atoms with Gasteiger partial charge in [-0.25, -0.2) is 13.1 Å². The molecule has 31 heavy (non-hydrogen) atoms. The molecule has 1 atom stereocenters. The van der Waals surface area contributed by atoms with Crippen LogP contribution in [0, 0.1) is 0 Å². The van der Waals surface area contributed by atoms with E-state index in [2.05, 4.69) is 66.8 Å². The van der Waals surface area contributed by atoms with Crippen molar-refractivity contribution in [3.63, 3.8) is 0 Å². The average Bonchev–Trinajstić information content (AvgIpc) is 2.74. The third kappa shape index (κ3) is 7.97. The molecule has 0 radical (unpaired) electrons. The zero-order valence-electron chi connectivity index (χ0n) is 18.8. The topological polar surface area (TPSA) is 46.2 Å². The molecule has 0 saturated carbocycles. The number of rotatable bonds is 10. The van der Waals surface area contributed by atoms with Crippen LogP contribution in [0.15, 0.2) is 60.7 Å². The van der Waals surface area contributed by atoms with Crippen molar-refractivity contribution in [1.29, 1.82) is 0 Å². The van der Waals surface area contributed by atoms with E-state index in [1.54, 1.807) is 0 Å². The van der Waals surface area contributed by atoms with Gasteiger partial charge in [0.2, 0.25) is 10.0 Å². The van der Waals surface area contributed by atoms with E-state index in [-0.39, 0.29) is 15.9 Å². The molecule has 1 fully saturated rings. The molecule has 1 N–H and O–H groups in total. The van der Waals surface area contributed by atoms with Gasteiger partial charge in [0.15, 0.2) is 0 Å². The van der Waals surface area contributed by atoms with Crippen molar-refractivity contribution in [2.75, 3.05) is 17.3 Å². The number of hydrogen-bond donors (Lipinski definition) is 1. The molecule has 1 aliphatic heterocycles. The predicted octanol–water partition coefficient (Wildman–Crippen LogP) is 5.97. The molecule has 3 nitrogen and oxygen atoms in total. The van der Waals surface area contributed by atoms with Gasteiger partial charge < -0.3 is 0 Å². The summed E-state index contributed by atoms with van der Waals surface area (Å²) >= 11 is 3.96. The molecular weight excluding hydrogens is 459 g/mol. The largest absolute Gasteiger partial charge is 0.212 e. The highest BCUT2D eigenvalue weighted by atomic mass is 32.2. The summed E-state index contributed by atoms with van der Waals surface area (Å²) in [6.45, 7) is 6.68. The Bertz CT molecular complexity index is 909. The van der Waals surface area contributed by atoms with E-state index in [1.165, 1.54) is 17.5 Å². The summed E-state index contributed by atoms with van der Waals surface area (Å²) in [5.74, 6) is 2.46. The van der Waals surface area contributed by atoms with Gasteiger partial charge in [0.05, 0.1) is 9.83 Å². The molecule has 7 heteroatoms. The summed E-state index contributed by atoms with van der Waals surface area (Å²) in [5.41, 5.74) is 2.47. The first-order valence-electron chi connectivity index (χ1n) is 11.0. The van der Waals surface area contributed by atoms with Crippen LogP contribution in [-0.2, 0) is 20.5 Å². The van der Waals surface area contributed by atoms with Crippen LogP contribution in [0.25, 0.3) is 0 Å². The number of benzene rings is 2. The summed E-state index contributed by atoms with van der Waals surface area (Å²) in [6.07, 6.45) is 2.70. The highest BCUT2D eigenvalue weighted by Crippen LogP contribution is 2.53. The first kappa shape index (κ1) is 24.9. The summed E-state index contributed by atoms with van der Waals surface area (Å²) in [5, 5.41) is 0. The standard InChI is InChI=1S/C24H35NO2S3Si/c1-31(2,3)18-17-30(26,27)25-23(19-21-11-6-4-7-12-21)20-24(28-15-10-16-29-24)22-13-8-5-9-14-22/h4-9,11-14,23,25H,10,15-20H2,1-3H3. The van der Waals surface area contributed by atoms with Gasteiger partial charge in [-0.05, 0) is 47.9 Å². The Hall–Kier alpha value is -0.733. The van der Waals surface area contributed by atoms with Crippen LogP contribution in [0.1, 0.15) is 24.0 Å². The normalized spacial score (nSPS) is 17.9. The van der Waals surface area contributed by atoms with Crippen LogP contribution < -0.4 is 4.72 Å². The van der Waals surface area contributed by atoms with Crippen LogP contribution in [0.5, 0.6) is 0 Å². The van der Waals surface area contributed by atoms with Gasteiger partial charge in [0, 0.05) is 14.1 Å². The van der Waals surface area contributed by atoms with Crippen molar-refractivity contribution >= 4 is 41.6 Å². The van der Waals surface area contributed by atoms with Crippen molar-refractivity contribution in [2.45, 2.75) is 55.1 Å². The monoisotopic (exact) mass is 493 g/mol. The maximum absolute atomic E-state index is 13.1. The van der Waals surface area contributed by atoms with Crippen molar-refractivity contribution < 1.29 is 8.42 Å². The second-order valence-corrected chi connectivity index (χ2v) is 20.0.